The fourth-order valence-electron chi connectivity index (χ4n) is 4.32. The van der Waals surface area contributed by atoms with Crippen molar-refractivity contribution in [1.82, 2.24) is 14.9 Å². The molecule has 2 fully saturated rings. The SMILES string of the molecule is O=C(Nc1ncccn1)[C@]12CCC[C@H]1CN(Cc1ccccc1)C2. The van der Waals surface area contributed by atoms with Crippen LogP contribution >= 0.6 is 0 Å². The van der Waals surface area contributed by atoms with Crippen LogP contribution in [0.5, 0.6) is 0 Å². The van der Waals surface area contributed by atoms with Gasteiger partial charge in [0, 0.05) is 32.0 Å². The van der Waals surface area contributed by atoms with E-state index in [-0.39, 0.29) is 11.3 Å². The Labute approximate surface area is 142 Å². The zero-order valence-electron chi connectivity index (χ0n) is 13.7. The van der Waals surface area contributed by atoms with Crippen molar-refractivity contribution in [2.24, 2.45) is 11.3 Å². The second-order valence-electron chi connectivity index (χ2n) is 6.93. The van der Waals surface area contributed by atoms with Gasteiger partial charge in [-0.2, -0.15) is 0 Å². The number of rotatable bonds is 4. The molecule has 1 N–H and O–H groups in total. The van der Waals surface area contributed by atoms with Crippen LogP contribution in [0.15, 0.2) is 48.8 Å². The number of aromatic nitrogens is 2. The Morgan fingerprint density at radius 1 is 1.21 bits per heavy atom. The molecule has 2 aromatic rings. The van der Waals surface area contributed by atoms with Crippen LogP contribution in [-0.2, 0) is 11.3 Å². The molecule has 5 nitrogen and oxygen atoms in total. The molecule has 1 aromatic heterocycles. The average Bonchev–Trinajstić information content (AvgIpc) is 3.14. The van der Waals surface area contributed by atoms with E-state index in [9.17, 15) is 4.79 Å². The van der Waals surface area contributed by atoms with E-state index in [1.165, 1.54) is 5.56 Å². The number of hydrogen-bond donors (Lipinski definition) is 1. The lowest BCUT2D eigenvalue weighted by atomic mass is 9.80. The summed E-state index contributed by atoms with van der Waals surface area (Å²) >= 11 is 0. The number of carbonyl (C=O) groups excluding carboxylic acids is 1. The van der Waals surface area contributed by atoms with Crippen molar-refractivity contribution < 1.29 is 4.79 Å². The monoisotopic (exact) mass is 322 g/mol. The number of fused-ring (bicyclic) bond motifs is 1. The Morgan fingerprint density at radius 2 is 2.00 bits per heavy atom. The minimum Gasteiger partial charge on any atom is -0.298 e. The molecule has 0 radical (unpaired) electrons. The minimum atomic E-state index is -0.284. The van der Waals surface area contributed by atoms with E-state index in [1.807, 2.05) is 6.07 Å². The van der Waals surface area contributed by atoms with Crippen LogP contribution in [0.3, 0.4) is 0 Å². The first-order valence-electron chi connectivity index (χ1n) is 8.61. The minimum absolute atomic E-state index is 0.0896. The van der Waals surface area contributed by atoms with Crippen molar-refractivity contribution >= 4 is 11.9 Å². The molecule has 1 aliphatic heterocycles. The molecule has 5 heteroatoms. The molecule has 1 saturated carbocycles. The summed E-state index contributed by atoms with van der Waals surface area (Å²) in [6.07, 6.45) is 6.54. The van der Waals surface area contributed by atoms with Gasteiger partial charge in [0.15, 0.2) is 0 Å². The van der Waals surface area contributed by atoms with Crippen LogP contribution in [-0.4, -0.2) is 33.9 Å². The Balaban J connectivity index is 1.49. The summed E-state index contributed by atoms with van der Waals surface area (Å²) in [7, 11) is 0. The third kappa shape index (κ3) is 2.80. The first kappa shape index (κ1) is 15.3. The summed E-state index contributed by atoms with van der Waals surface area (Å²) in [6.45, 7) is 2.73. The third-order valence-electron chi connectivity index (χ3n) is 5.43. The molecule has 0 spiro atoms. The summed E-state index contributed by atoms with van der Waals surface area (Å²) in [5, 5.41) is 2.94. The molecule has 1 aliphatic carbocycles. The van der Waals surface area contributed by atoms with Crippen LogP contribution in [0.2, 0.25) is 0 Å². The number of nitrogens with zero attached hydrogens (tertiary/aromatic N) is 3. The van der Waals surface area contributed by atoms with Gasteiger partial charge in [-0.3, -0.25) is 15.0 Å². The van der Waals surface area contributed by atoms with Gasteiger partial charge in [-0.1, -0.05) is 36.8 Å². The molecule has 124 valence electrons. The predicted octanol–water partition coefficient (Wildman–Crippen LogP) is 2.72. The number of benzene rings is 1. The lowest BCUT2D eigenvalue weighted by Gasteiger charge is -2.27. The van der Waals surface area contributed by atoms with Crippen molar-refractivity contribution in [2.45, 2.75) is 25.8 Å². The van der Waals surface area contributed by atoms with Crippen molar-refractivity contribution in [3.8, 4) is 0 Å². The quantitative estimate of drug-likeness (QED) is 0.940. The van der Waals surface area contributed by atoms with Gasteiger partial charge in [-0.25, -0.2) is 9.97 Å². The number of amides is 1. The van der Waals surface area contributed by atoms with Crippen molar-refractivity contribution in [2.75, 3.05) is 18.4 Å². The molecule has 24 heavy (non-hydrogen) atoms. The normalized spacial score (nSPS) is 26.2. The molecule has 1 amide bonds. The van der Waals surface area contributed by atoms with Crippen LogP contribution in [0, 0.1) is 11.3 Å². The van der Waals surface area contributed by atoms with Gasteiger partial charge in [-0.05, 0) is 30.4 Å². The van der Waals surface area contributed by atoms with Gasteiger partial charge < -0.3 is 0 Å². The number of likely N-dealkylation sites (tertiary alicyclic amines) is 1. The highest BCUT2D eigenvalue weighted by Crippen LogP contribution is 2.49. The number of carbonyl (C=O) groups is 1. The summed E-state index contributed by atoms with van der Waals surface area (Å²) in [4.78, 5) is 23.7. The van der Waals surface area contributed by atoms with Gasteiger partial charge >= 0.3 is 0 Å². The van der Waals surface area contributed by atoms with Crippen LogP contribution < -0.4 is 5.32 Å². The third-order valence-corrected chi connectivity index (χ3v) is 5.43. The maximum atomic E-state index is 13.0. The molecule has 2 atom stereocenters. The van der Waals surface area contributed by atoms with Crippen LogP contribution in [0.4, 0.5) is 5.95 Å². The van der Waals surface area contributed by atoms with Crippen molar-refractivity contribution in [3.05, 3.63) is 54.4 Å². The number of hydrogen-bond acceptors (Lipinski definition) is 4. The van der Waals surface area contributed by atoms with E-state index in [0.29, 0.717) is 11.9 Å². The van der Waals surface area contributed by atoms with E-state index in [2.05, 4.69) is 44.5 Å². The lowest BCUT2D eigenvalue weighted by Crippen LogP contribution is -2.40. The number of anilines is 1. The van der Waals surface area contributed by atoms with E-state index in [4.69, 9.17) is 0 Å². The van der Waals surface area contributed by atoms with Crippen molar-refractivity contribution in [3.63, 3.8) is 0 Å². The average molecular weight is 322 g/mol. The first-order valence-corrected chi connectivity index (χ1v) is 8.61. The zero-order chi connectivity index (χ0) is 16.4. The van der Waals surface area contributed by atoms with E-state index >= 15 is 0 Å². The van der Waals surface area contributed by atoms with Gasteiger partial charge in [0.05, 0.1) is 5.41 Å². The molecule has 0 bridgehead atoms. The molecule has 4 rings (SSSR count). The Bertz CT molecular complexity index is 706. The molecule has 0 unspecified atom stereocenters. The van der Waals surface area contributed by atoms with Crippen LogP contribution in [0.25, 0.3) is 0 Å². The molecule has 1 saturated heterocycles. The second-order valence-corrected chi connectivity index (χ2v) is 6.93. The standard InChI is InChI=1S/C19H22N4O/c24-17(22-18-20-10-5-11-21-18)19-9-4-8-16(19)13-23(14-19)12-15-6-2-1-3-7-15/h1-3,5-7,10-11,16H,4,8-9,12-14H2,(H,20,21,22,24)/t16-,19-/m0/s1. The lowest BCUT2D eigenvalue weighted by molar-refractivity contribution is -0.126. The van der Waals surface area contributed by atoms with E-state index in [0.717, 1.165) is 38.9 Å². The fraction of sp³-hybridized carbons (Fsp3) is 0.421. The maximum Gasteiger partial charge on any atom is 0.234 e. The Kier molecular flexibility index (Phi) is 4.02. The van der Waals surface area contributed by atoms with Gasteiger partial charge in [0.1, 0.15) is 0 Å². The van der Waals surface area contributed by atoms with E-state index in [1.54, 1.807) is 18.5 Å². The largest absolute Gasteiger partial charge is 0.298 e. The Hall–Kier alpha value is -2.27. The highest BCUT2D eigenvalue weighted by atomic mass is 16.2. The van der Waals surface area contributed by atoms with Crippen LogP contribution in [0.1, 0.15) is 24.8 Å². The first-order chi connectivity index (χ1) is 11.8. The smallest absolute Gasteiger partial charge is 0.234 e. The molecule has 2 heterocycles. The van der Waals surface area contributed by atoms with Gasteiger partial charge in [0.25, 0.3) is 0 Å². The van der Waals surface area contributed by atoms with Gasteiger partial charge in [-0.15, -0.1) is 0 Å². The highest BCUT2D eigenvalue weighted by Gasteiger charge is 2.54. The number of nitrogens with one attached hydrogen (secondary N) is 1. The second kappa shape index (κ2) is 6.32. The molecule has 2 aliphatic rings. The van der Waals surface area contributed by atoms with Gasteiger partial charge in [0.2, 0.25) is 11.9 Å². The molecule has 1 aromatic carbocycles. The topological polar surface area (TPSA) is 58.1 Å². The van der Waals surface area contributed by atoms with Crippen molar-refractivity contribution in [1.29, 1.82) is 0 Å². The summed E-state index contributed by atoms with van der Waals surface area (Å²) < 4.78 is 0. The zero-order valence-corrected chi connectivity index (χ0v) is 13.7. The molecular weight excluding hydrogens is 300 g/mol. The summed E-state index contributed by atoms with van der Waals surface area (Å²) in [5.74, 6) is 0.931. The molecular formula is C19H22N4O. The summed E-state index contributed by atoms with van der Waals surface area (Å²) in [5.41, 5.74) is 1.02. The predicted molar refractivity (Wildman–Crippen MR) is 92.2 cm³/mol. The fourth-order valence-corrected chi connectivity index (χ4v) is 4.32. The summed E-state index contributed by atoms with van der Waals surface area (Å²) in [6, 6.07) is 12.2. The highest BCUT2D eigenvalue weighted by molar-refractivity contribution is 5.94. The maximum absolute atomic E-state index is 13.0. The van der Waals surface area contributed by atoms with E-state index < -0.39 is 0 Å². The Morgan fingerprint density at radius 3 is 2.79 bits per heavy atom.